The fourth-order valence-corrected chi connectivity index (χ4v) is 3.69. The first kappa shape index (κ1) is 25.3. The molecule has 12 nitrogen and oxygen atoms in total. The molecule has 1 aliphatic rings. The molecule has 1 heterocycles. The summed E-state index contributed by atoms with van der Waals surface area (Å²) in [4.78, 5) is 25.1. The smallest absolute Gasteiger partial charge is 0.310 e. The predicted molar refractivity (Wildman–Crippen MR) is 122 cm³/mol. The SMILES string of the molecule is O=[N+]([O-])c1ccccc1OC[C@@H](O)CN1CCN(C[C@@H](O)COc2ccccc2[N+](=O)[O-])CC1. The van der Waals surface area contributed by atoms with Crippen LogP contribution in [0.4, 0.5) is 11.4 Å². The minimum atomic E-state index is -0.813. The molecule has 1 fully saturated rings. The summed E-state index contributed by atoms with van der Waals surface area (Å²) >= 11 is 0. The molecule has 1 aliphatic heterocycles. The van der Waals surface area contributed by atoms with Crippen LogP contribution in [0.5, 0.6) is 11.5 Å². The van der Waals surface area contributed by atoms with E-state index in [2.05, 4.69) is 9.80 Å². The normalized spacial score (nSPS) is 16.5. The number of benzene rings is 2. The third-order valence-corrected chi connectivity index (χ3v) is 5.39. The number of para-hydroxylation sites is 4. The largest absolute Gasteiger partial charge is 0.484 e. The molecule has 0 bridgehead atoms. The zero-order valence-corrected chi connectivity index (χ0v) is 18.6. The van der Waals surface area contributed by atoms with Gasteiger partial charge in [-0.3, -0.25) is 30.0 Å². The van der Waals surface area contributed by atoms with Crippen molar-refractivity contribution >= 4 is 11.4 Å². The molecule has 184 valence electrons. The van der Waals surface area contributed by atoms with Crippen molar-refractivity contribution in [2.45, 2.75) is 12.2 Å². The number of hydrogen-bond donors (Lipinski definition) is 2. The summed E-state index contributed by atoms with van der Waals surface area (Å²) in [6.07, 6.45) is -1.63. The van der Waals surface area contributed by atoms with Gasteiger partial charge in [0.2, 0.25) is 0 Å². The van der Waals surface area contributed by atoms with Gasteiger partial charge in [0, 0.05) is 51.4 Å². The highest BCUT2D eigenvalue weighted by Gasteiger charge is 2.23. The van der Waals surface area contributed by atoms with E-state index in [9.17, 15) is 30.4 Å². The molecule has 0 aliphatic carbocycles. The van der Waals surface area contributed by atoms with E-state index in [4.69, 9.17) is 9.47 Å². The summed E-state index contributed by atoms with van der Waals surface area (Å²) < 4.78 is 10.9. The van der Waals surface area contributed by atoms with Gasteiger partial charge in [0.15, 0.2) is 11.5 Å². The maximum Gasteiger partial charge on any atom is 0.310 e. The summed E-state index contributed by atoms with van der Waals surface area (Å²) in [7, 11) is 0. The monoisotopic (exact) mass is 476 g/mol. The highest BCUT2D eigenvalue weighted by atomic mass is 16.6. The first-order chi connectivity index (χ1) is 16.3. The molecule has 1 saturated heterocycles. The molecule has 0 saturated carbocycles. The second-order valence-corrected chi connectivity index (χ2v) is 7.98. The number of hydrogen-bond acceptors (Lipinski definition) is 10. The predicted octanol–water partition coefficient (Wildman–Crippen LogP) is 1.30. The number of nitro benzene ring substituents is 2. The highest BCUT2D eigenvalue weighted by Crippen LogP contribution is 2.26. The van der Waals surface area contributed by atoms with E-state index in [1.807, 2.05) is 0 Å². The molecule has 34 heavy (non-hydrogen) atoms. The average Bonchev–Trinajstić information content (AvgIpc) is 2.83. The Kier molecular flexibility index (Phi) is 9.10. The fourth-order valence-electron chi connectivity index (χ4n) is 3.69. The maximum atomic E-state index is 11.0. The van der Waals surface area contributed by atoms with Crippen LogP contribution in [0.3, 0.4) is 0 Å². The molecular formula is C22H28N4O8. The number of piperazine rings is 1. The molecule has 0 aromatic heterocycles. The molecule has 3 rings (SSSR count). The van der Waals surface area contributed by atoms with Crippen LogP contribution < -0.4 is 9.47 Å². The van der Waals surface area contributed by atoms with Gasteiger partial charge >= 0.3 is 11.4 Å². The molecule has 0 spiro atoms. The van der Waals surface area contributed by atoms with Crippen molar-refractivity contribution in [3.63, 3.8) is 0 Å². The van der Waals surface area contributed by atoms with E-state index in [0.29, 0.717) is 39.3 Å². The maximum absolute atomic E-state index is 11.0. The number of rotatable bonds is 12. The van der Waals surface area contributed by atoms with Crippen LogP contribution in [-0.2, 0) is 0 Å². The van der Waals surface area contributed by atoms with Gasteiger partial charge in [0.25, 0.3) is 0 Å². The van der Waals surface area contributed by atoms with Crippen LogP contribution in [0, 0.1) is 20.2 Å². The summed E-state index contributed by atoms with van der Waals surface area (Å²) in [5, 5.41) is 42.7. The summed E-state index contributed by atoms with van der Waals surface area (Å²) in [5.41, 5.74) is -0.291. The molecule has 2 N–H and O–H groups in total. The Morgan fingerprint density at radius 2 is 1.09 bits per heavy atom. The minimum absolute atomic E-state index is 0.0628. The van der Waals surface area contributed by atoms with Gasteiger partial charge in [-0.15, -0.1) is 0 Å². The summed E-state index contributed by atoms with van der Waals surface area (Å²) in [6, 6.07) is 12.1. The molecule has 2 atom stereocenters. The number of aliphatic hydroxyl groups excluding tert-OH is 2. The lowest BCUT2D eigenvalue weighted by atomic mass is 10.2. The van der Waals surface area contributed by atoms with Crippen molar-refractivity contribution in [3.05, 3.63) is 68.8 Å². The van der Waals surface area contributed by atoms with Crippen LogP contribution in [0.1, 0.15) is 0 Å². The van der Waals surface area contributed by atoms with E-state index in [0.717, 1.165) is 0 Å². The van der Waals surface area contributed by atoms with Gasteiger partial charge in [0.05, 0.1) is 9.85 Å². The lowest BCUT2D eigenvalue weighted by Gasteiger charge is -2.36. The Morgan fingerprint density at radius 3 is 1.44 bits per heavy atom. The van der Waals surface area contributed by atoms with E-state index in [1.165, 1.54) is 24.3 Å². The number of aliphatic hydroxyl groups is 2. The van der Waals surface area contributed by atoms with Crippen molar-refractivity contribution in [2.75, 3.05) is 52.5 Å². The average molecular weight is 476 g/mol. The molecule has 12 heteroatoms. The Hall–Kier alpha value is -3.32. The molecule has 0 amide bonds. The van der Waals surface area contributed by atoms with Gasteiger partial charge in [-0.1, -0.05) is 24.3 Å². The number of ether oxygens (including phenoxy) is 2. The van der Waals surface area contributed by atoms with Crippen molar-refractivity contribution in [1.82, 2.24) is 9.80 Å². The van der Waals surface area contributed by atoms with Crippen molar-refractivity contribution in [3.8, 4) is 11.5 Å². The molecular weight excluding hydrogens is 448 g/mol. The standard InChI is InChI=1S/C22H28N4O8/c27-17(15-33-21-7-3-1-5-19(21)25(29)30)13-23-9-11-24(12-10-23)14-18(28)16-34-22-8-4-2-6-20(22)26(31)32/h1-8,17-18,27-28H,9-16H2/t17-,18+. The van der Waals surface area contributed by atoms with E-state index in [1.54, 1.807) is 24.3 Å². The van der Waals surface area contributed by atoms with Gasteiger partial charge in [-0.2, -0.15) is 0 Å². The first-order valence-electron chi connectivity index (χ1n) is 10.9. The van der Waals surface area contributed by atoms with Gasteiger partial charge < -0.3 is 19.7 Å². The quantitative estimate of drug-likeness (QED) is 0.339. The zero-order chi connectivity index (χ0) is 24.5. The topological polar surface area (TPSA) is 152 Å². The fraction of sp³-hybridized carbons (Fsp3) is 0.455. The Bertz CT molecular complexity index is 890. The first-order valence-corrected chi connectivity index (χ1v) is 10.9. The molecule has 0 unspecified atom stereocenters. The second-order valence-electron chi connectivity index (χ2n) is 7.98. The van der Waals surface area contributed by atoms with Crippen LogP contribution in [0.2, 0.25) is 0 Å². The third-order valence-electron chi connectivity index (χ3n) is 5.39. The lowest BCUT2D eigenvalue weighted by molar-refractivity contribution is -0.386. The van der Waals surface area contributed by atoms with Crippen molar-refractivity contribution in [1.29, 1.82) is 0 Å². The van der Waals surface area contributed by atoms with Gasteiger partial charge in [-0.25, -0.2) is 0 Å². The molecule has 2 aromatic carbocycles. The number of nitro groups is 2. The van der Waals surface area contributed by atoms with E-state index < -0.39 is 22.1 Å². The summed E-state index contributed by atoms with van der Waals surface area (Å²) in [5.74, 6) is 0.238. The van der Waals surface area contributed by atoms with Crippen LogP contribution >= 0.6 is 0 Å². The Morgan fingerprint density at radius 1 is 0.735 bits per heavy atom. The second kappa shape index (κ2) is 12.2. The molecule has 2 aromatic rings. The third kappa shape index (κ3) is 7.35. The van der Waals surface area contributed by atoms with Crippen LogP contribution in [0.15, 0.2) is 48.5 Å². The number of nitrogens with zero attached hydrogens (tertiary/aromatic N) is 4. The van der Waals surface area contributed by atoms with Crippen LogP contribution in [0.25, 0.3) is 0 Å². The van der Waals surface area contributed by atoms with E-state index in [-0.39, 0.29) is 36.1 Å². The van der Waals surface area contributed by atoms with Crippen molar-refractivity contribution in [2.24, 2.45) is 0 Å². The highest BCUT2D eigenvalue weighted by molar-refractivity contribution is 5.46. The van der Waals surface area contributed by atoms with E-state index >= 15 is 0 Å². The zero-order valence-electron chi connectivity index (χ0n) is 18.6. The van der Waals surface area contributed by atoms with Crippen molar-refractivity contribution < 1.29 is 29.5 Å². The lowest BCUT2D eigenvalue weighted by Crippen LogP contribution is -2.51. The van der Waals surface area contributed by atoms with Gasteiger partial charge in [0.1, 0.15) is 25.4 Å². The Balaban J connectivity index is 1.36. The number of β-amino-alcohol motifs (C(OH)–C–C–N with tert-alkyl or cyclic N) is 2. The summed E-state index contributed by atoms with van der Waals surface area (Å²) in [6.45, 7) is 3.26. The van der Waals surface area contributed by atoms with Crippen LogP contribution in [-0.4, -0.2) is 94.5 Å². The van der Waals surface area contributed by atoms with Gasteiger partial charge in [-0.05, 0) is 12.1 Å². The Labute approximate surface area is 196 Å². The molecule has 0 radical (unpaired) electrons. The minimum Gasteiger partial charge on any atom is -0.484 e.